The van der Waals surface area contributed by atoms with E-state index in [0.29, 0.717) is 5.92 Å². The molecular weight excluding hydrogens is 404 g/mol. The Morgan fingerprint density at radius 1 is 1.07 bits per heavy atom. The Hall–Kier alpha value is -2.60. The molecule has 3 aromatic rings. The first kappa shape index (κ1) is 19.2. The maximum atomic E-state index is 12.4. The number of aryl methyl sites for hydroxylation is 2. The first-order valence-electron chi connectivity index (χ1n) is 8.81. The van der Waals surface area contributed by atoms with Crippen LogP contribution >= 0.6 is 15.9 Å². The van der Waals surface area contributed by atoms with Crippen molar-refractivity contribution >= 4 is 33.3 Å². The van der Waals surface area contributed by atoms with Crippen molar-refractivity contribution in [2.45, 2.75) is 26.7 Å². The van der Waals surface area contributed by atoms with Crippen LogP contribution in [0.15, 0.2) is 53.1 Å². The van der Waals surface area contributed by atoms with Gasteiger partial charge in [0.25, 0.3) is 0 Å². The topological polar surface area (TPSA) is 59.0 Å². The smallest absolute Gasteiger partial charge is 0.308 e. The molecule has 6 heteroatoms. The number of urea groups is 1. The van der Waals surface area contributed by atoms with Crippen molar-refractivity contribution < 1.29 is 4.79 Å². The van der Waals surface area contributed by atoms with Crippen LogP contribution in [0.4, 0.5) is 16.2 Å². The van der Waals surface area contributed by atoms with Crippen molar-refractivity contribution in [2.75, 3.05) is 10.6 Å². The fourth-order valence-corrected chi connectivity index (χ4v) is 3.48. The Labute approximate surface area is 167 Å². The lowest BCUT2D eigenvalue weighted by Gasteiger charge is -2.12. The van der Waals surface area contributed by atoms with E-state index in [2.05, 4.69) is 45.5 Å². The number of carbonyl (C=O) groups is 1. The van der Waals surface area contributed by atoms with Gasteiger partial charge >= 0.3 is 6.03 Å². The van der Waals surface area contributed by atoms with Crippen LogP contribution in [0.2, 0.25) is 0 Å². The second-order valence-corrected chi connectivity index (χ2v) is 7.70. The van der Waals surface area contributed by atoms with Crippen LogP contribution in [-0.4, -0.2) is 15.8 Å². The van der Waals surface area contributed by atoms with Crippen molar-refractivity contribution in [3.8, 4) is 11.3 Å². The van der Waals surface area contributed by atoms with E-state index in [1.165, 1.54) is 5.56 Å². The predicted octanol–water partition coefficient (Wildman–Crippen LogP) is 5.93. The Morgan fingerprint density at radius 3 is 2.30 bits per heavy atom. The molecule has 0 aliphatic heterocycles. The molecule has 0 saturated carbocycles. The standard InChI is InChI=1S/C21H23BrN4O/c1-13(2)15-6-9-16(10-7-15)24-21(27)25-17-8-5-14(3)18(11-17)20-19(22)12-23-26(20)4/h5-13H,1-4H3,(H2,24,25,27). The quantitative estimate of drug-likeness (QED) is 0.543. The van der Waals surface area contributed by atoms with Crippen molar-refractivity contribution in [1.82, 2.24) is 9.78 Å². The van der Waals surface area contributed by atoms with Gasteiger partial charge in [0.2, 0.25) is 0 Å². The summed E-state index contributed by atoms with van der Waals surface area (Å²) in [6.45, 7) is 6.32. The number of nitrogens with zero attached hydrogens (tertiary/aromatic N) is 2. The molecule has 0 aliphatic carbocycles. The number of rotatable bonds is 4. The first-order chi connectivity index (χ1) is 12.8. The second-order valence-electron chi connectivity index (χ2n) is 6.85. The molecule has 0 bridgehead atoms. The van der Waals surface area contributed by atoms with E-state index in [-0.39, 0.29) is 6.03 Å². The van der Waals surface area contributed by atoms with E-state index in [1.807, 2.05) is 61.1 Å². The molecule has 2 aromatic carbocycles. The number of amides is 2. The van der Waals surface area contributed by atoms with E-state index in [0.717, 1.165) is 32.7 Å². The van der Waals surface area contributed by atoms with Crippen LogP contribution < -0.4 is 10.6 Å². The minimum atomic E-state index is -0.272. The average Bonchev–Trinajstić information content (AvgIpc) is 2.95. The molecule has 0 saturated heterocycles. The third kappa shape index (κ3) is 4.39. The summed E-state index contributed by atoms with van der Waals surface area (Å²) in [6.07, 6.45) is 1.77. The van der Waals surface area contributed by atoms with Gasteiger partial charge in [-0.3, -0.25) is 4.68 Å². The first-order valence-corrected chi connectivity index (χ1v) is 9.61. The van der Waals surface area contributed by atoms with Crippen LogP contribution in [0.5, 0.6) is 0 Å². The number of halogens is 1. The molecule has 1 aromatic heterocycles. The van der Waals surface area contributed by atoms with Gasteiger partial charge in [0.1, 0.15) is 0 Å². The summed E-state index contributed by atoms with van der Waals surface area (Å²) in [5, 5.41) is 10.0. The lowest BCUT2D eigenvalue weighted by Crippen LogP contribution is -2.19. The van der Waals surface area contributed by atoms with E-state index >= 15 is 0 Å². The molecule has 1 heterocycles. The summed E-state index contributed by atoms with van der Waals surface area (Å²) in [6, 6.07) is 13.5. The van der Waals surface area contributed by atoms with Gasteiger partial charge in [-0.2, -0.15) is 5.10 Å². The highest BCUT2D eigenvalue weighted by Crippen LogP contribution is 2.32. The molecule has 0 radical (unpaired) electrons. The monoisotopic (exact) mass is 426 g/mol. The van der Waals surface area contributed by atoms with Gasteiger partial charge in [-0.15, -0.1) is 0 Å². The normalized spacial score (nSPS) is 10.9. The van der Waals surface area contributed by atoms with E-state index in [1.54, 1.807) is 6.20 Å². The van der Waals surface area contributed by atoms with Crippen LogP contribution in [0, 0.1) is 6.92 Å². The van der Waals surface area contributed by atoms with Gasteiger partial charge in [-0.05, 0) is 64.2 Å². The third-order valence-electron chi connectivity index (χ3n) is 4.48. The lowest BCUT2D eigenvalue weighted by molar-refractivity contribution is 0.262. The molecule has 0 spiro atoms. The van der Waals surface area contributed by atoms with Crippen LogP contribution in [-0.2, 0) is 7.05 Å². The highest BCUT2D eigenvalue weighted by Gasteiger charge is 2.13. The molecule has 0 atom stereocenters. The van der Waals surface area contributed by atoms with Crippen LogP contribution in [0.3, 0.4) is 0 Å². The van der Waals surface area contributed by atoms with Crippen LogP contribution in [0.1, 0.15) is 30.9 Å². The SMILES string of the molecule is Cc1ccc(NC(=O)Nc2ccc(C(C)C)cc2)cc1-c1c(Br)cnn1C. The molecule has 0 fully saturated rings. The molecule has 0 unspecified atom stereocenters. The van der Waals surface area contributed by atoms with Crippen LogP contribution in [0.25, 0.3) is 11.3 Å². The molecule has 27 heavy (non-hydrogen) atoms. The number of anilines is 2. The van der Waals surface area contributed by atoms with Crippen molar-refractivity contribution in [3.05, 3.63) is 64.3 Å². The zero-order valence-electron chi connectivity index (χ0n) is 15.9. The van der Waals surface area contributed by atoms with E-state index in [4.69, 9.17) is 0 Å². The summed E-state index contributed by atoms with van der Waals surface area (Å²) in [5.74, 6) is 0.463. The number of nitrogens with one attached hydrogen (secondary N) is 2. The maximum Gasteiger partial charge on any atom is 0.323 e. The Balaban J connectivity index is 1.76. The largest absolute Gasteiger partial charge is 0.323 e. The Morgan fingerprint density at radius 2 is 1.70 bits per heavy atom. The number of carbonyl (C=O) groups excluding carboxylic acids is 1. The summed E-state index contributed by atoms with van der Waals surface area (Å²) >= 11 is 3.54. The van der Waals surface area contributed by atoms with Gasteiger partial charge in [-0.25, -0.2) is 4.79 Å². The zero-order chi connectivity index (χ0) is 19.6. The molecule has 5 nitrogen and oxygen atoms in total. The number of aromatic nitrogens is 2. The fourth-order valence-electron chi connectivity index (χ4n) is 2.91. The summed E-state index contributed by atoms with van der Waals surface area (Å²) in [5.41, 5.74) is 5.82. The van der Waals surface area contributed by atoms with Crippen molar-refractivity contribution in [2.24, 2.45) is 7.05 Å². The van der Waals surface area contributed by atoms with Gasteiger partial charge < -0.3 is 10.6 Å². The van der Waals surface area contributed by atoms with E-state index < -0.39 is 0 Å². The van der Waals surface area contributed by atoms with Gasteiger partial charge in [0.15, 0.2) is 0 Å². The molecule has 3 rings (SSSR count). The minimum Gasteiger partial charge on any atom is -0.308 e. The number of hydrogen-bond donors (Lipinski definition) is 2. The third-order valence-corrected chi connectivity index (χ3v) is 5.06. The van der Waals surface area contributed by atoms with Gasteiger partial charge in [0.05, 0.1) is 16.4 Å². The number of hydrogen-bond acceptors (Lipinski definition) is 2. The lowest BCUT2D eigenvalue weighted by atomic mass is 10.0. The average molecular weight is 427 g/mol. The predicted molar refractivity (Wildman–Crippen MR) is 114 cm³/mol. The van der Waals surface area contributed by atoms with Gasteiger partial charge in [0, 0.05) is 24.0 Å². The Kier molecular flexibility index (Phi) is 5.65. The number of benzene rings is 2. The summed E-state index contributed by atoms with van der Waals surface area (Å²) in [7, 11) is 1.90. The van der Waals surface area contributed by atoms with Crippen molar-refractivity contribution in [1.29, 1.82) is 0 Å². The minimum absolute atomic E-state index is 0.272. The highest BCUT2D eigenvalue weighted by molar-refractivity contribution is 9.10. The van der Waals surface area contributed by atoms with E-state index in [9.17, 15) is 4.79 Å². The zero-order valence-corrected chi connectivity index (χ0v) is 17.5. The summed E-state index contributed by atoms with van der Waals surface area (Å²) < 4.78 is 2.73. The molecule has 0 aliphatic rings. The Bertz CT molecular complexity index is 941. The second kappa shape index (κ2) is 7.96. The highest BCUT2D eigenvalue weighted by atomic mass is 79.9. The molecule has 140 valence electrons. The van der Waals surface area contributed by atoms with Gasteiger partial charge in [-0.1, -0.05) is 32.0 Å². The molecule has 2 N–H and O–H groups in total. The maximum absolute atomic E-state index is 12.4. The fraction of sp³-hybridized carbons (Fsp3) is 0.238. The molecular formula is C21H23BrN4O. The summed E-state index contributed by atoms with van der Waals surface area (Å²) in [4.78, 5) is 12.4. The van der Waals surface area contributed by atoms with Crippen molar-refractivity contribution in [3.63, 3.8) is 0 Å². The molecule has 2 amide bonds.